The van der Waals surface area contributed by atoms with Gasteiger partial charge in [-0.2, -0.15) is 13.2 Å². The number of rotatable bonds is 8. The van der Waals surface area contributed by atoms with Crippen LogP contribution in [0.2, 0.25) is 0 Å². The number of hydrogen-bond acceptors (Lipinski definition) is 5. The largest absolute Gasteiger partial charge is 0.476 e. The summed E-state index contributed by atoms with van der Waals surface area (Å²) in [6.45, 7) is 4.64. The highest BCUT2D eigenvalue weighted by Gasteiger charge is 2.45. The Balaban J connectivity index is 1.81. The molecule has 0 spiro atoms. The van der Waals surface area contributed by atoms with Crippen LogP contribution in [0.15, 0.2) is 42.5 Å². The van der Waals surface area contributed by atoms with Gasteiger partial charge in [0.1, 0.15) is 5.75 Å². The molecule has 2 heterocycles. The van der Waals surface area contributed by atoms with Crippen molar-refractivity contribution in [3.05, 3.63) is 59.2 Å². The smallest absolute Gasteiger partial charge is 0.417 e. The number of carboxylic acid groups (broad SMARTS) is 1. The third-order valence-electron chi connectivity index (χ3n) is 7.59. The van der Waals surface area contributed by atoms with E-state index in [1.807, 2.05) is 0 Å². The lowest BCUT2D eigenvalue weighted by Crippen LogP contribution is -2.54. The number of benzene rings is 2. The molecule has 1 saturated heterocycles. The third-order valence-corrected chi connectivity index (χ3v) is 7.59. The first-order chi connectivity index (χ1) is 20.2. The van der Waals surface area contributed by atoms with Crippen LogP contribution in [0.25, 0.3) is 0 Å². The van der Waals surface area contributed by atoms with Crippen molar-refractivity contribution in [1.82, 2.24) is 15.1 Å². The molecule has 2 aliphatic rings. The number of alkyl halides is 3. The molecule has 2 aromatic carbocycles. The normalized spacial score (nSPS) is 18.0. The molecule has 0 radical (unpaired) electrons. The summed E-state index contributed by atoms with van der Waals surface area (Å²) in [6.07, 6.45) is -5.09. The van der Waals surface area contributed by atoms with Crippen LogP contribution in [-0.4, -0.2) is 76.5 Å². The number of hydrogen-bond donors (Lipinski definition) is 2. The summed E-state index contributed by atoms with van der Waals surface area (Å²) >= 11 is 0. The summed E-state index contributed by atoms with van der Waals surface area (Å²) in [4.78, 5) is 54.7. The van der Waals surface area contributed by atoms with E-state index in [0.717, 1.165) is 17.0 Å². The van der Waals surface area contributed by atoms with Gasteiger partial charge in [-0.1, -0.05) is 37.3 Å². The highest BCUT2D eigenvalue weighted by molar-refractivity contribution is 6.05. The second-order valence-corrected chi connectivity index (χ2v) is 11.1. The summed E-state index contributed by atoms with van der Waals surface area (Å²) in [5, 5.41) is 12.2. The molecular formula is C30H35F3N4O6. The molecule has 0 bridgehead atoms. The van der Waals surface area contributed by atoms with Crippen molar-refractivity contribution in [3.8, 4) is 5.75 Å². The molecule has 2 N–H and O–H groups in total. The van der Waals surface area contributed by atoms with Gasteiger partial charge in [0.05, 0.1) is 22.9 Å². The van der Waals surface area contributed by atoms with Gasteiger partial charge in [0.15, 0.2) is 5.60 Å². The van der Waals surface area contributed by atoms with Crippen LogP contribution in [0.1, 0.15) is 61.5 Å². The van der Waals surface area contributed by atoms with Gasteiger partial charge in [0, 0.05) is 39.1 Å². The van der Waals surface area contributed by atoms with Crippen molar-refractivity contribution < 1.29 is 42.2 Å². The molecule has 0 saturated carbocycles. The molecule has 1 atom stereocenters. The number of carbonyl (C=O) groups is 4. The molecule has 0 aromatic heterocycles. The summed E-state index contributed by atoms with van der Waals surface area (Å²) in [6, 6.07) is 9.78. The first-order valence-electron chi connectivity index (χ1n) is 14.1. The third kappa shape index (κ3) is 7.03. The molecule has 13 heteroatoms. The van der Waals surface area contributed by atoms with Gasteiger partial charge in [-0.3, -0.25) is 14.4 Å². The van der Waals surface area contributed by atoms with Crippen molar-refractivity contribution in [3.63, 3.8) is 0 Å². The Morgan fingerprint density at radius 1 is 1.16 bits per heavy atom. The average Bonchev–Trinajstić information content (AvgIpc) is 2.96. The lowest BCUT2D eigenvalue weighted by atomic mass is 9.97. The molecule has 4 rings (SSSR count). The molecule has 4 amide bonds. The predicted molar refractivity (Wildman–Crippen MR) is 151 cm³/mol. The molecule has 2 aliphatic heterocycles. The Bertz CT molecular complexity index is 1380. The zero-order chi connectivity index (χ0) is 31.5. The monoisotopic (exact) mass is 604 g/mol. The van der Waals surface area contributed by atoms with Gasteiger partial charge in [-0.25, -0.2) is 4.79 Å². The number of nitrogens with one attached hydrogen (secondary N) is 1. The van der Waals surface area contributed by atoms with Gasteiger partial charge in [0.2, 0.25) is 5.91 Å². The minimum absolute atomic E-state index is 0.0260. The second-order valence-electron chi connectivity index (χ2n) is 11.1. The molecule has 43 heavy (non-hydrogen) atoms. The van der Waals surface area contributed by atoms with Crippen LogP contribution >= 0.6 is 0 Å². The van der Waals surface area contributed by atoms with Crippen molar-refractivity contribution in [1.29, 1.82) is 0 Å². The summed E-state index contributed by atoms with van der Waals surface area (Å²) in [5.74, 6) is -1.98. The average molecular weight is 605 g/mol. The molecule has 0 unspecified atom stereocenters. The first-order valence-corrected chi connectivity index (χ1v) is 14.1. The van der Waals surface area contributed by atoms with E-state index < -0.39 is 46.9 Å². The molecule has 10 nitrogen and oxygen atoms in total. The summed E-state index contributed by atoms with van der Waals surface area (Å²) < 4.78 is 49.3. The Hall–Kier alpha value is -4.29. The molecule has 1 fully saturated rings. The number of anilines is 1. The zero-order valence-electron chi connectivity index (χ0n) is 24.2. The fraction of sp³-hybridized carbons (Fsp3) is 0.467. The molecular weight excluding hydrogens is 569 g/mol. The number of piperidine rings is 1. The number of ether oxygens (including phenoxy) is 1. The second kappa shape index (κ2) is 12.5. The van der Waals surface area contributed by atoms with Gasteiger partial charge in [0.25, 0.3) is 11.8 Å². The number of carbonyl (C=O) groups excluding carboxylic acids is 3. The summed E-state index contributed by atoms with van der Waals surface area (Å²) in [7, 11) is 0. The Morgan fingerprint density at radius 3 is 2.49 bits per heavy atom. The van der Waals surface area contributed by atoms with E-state index in [1.165, 1.54) is 23.6 Å². The van der Waals surface area contributed by atoms with Crippen molar-refractivity contribution in [2.24, 2.45) is 0 Å². The van der Waals surface area contributed by atoms with Crippen molar-refractivity contribution in [2.45, 2.75) is 64.4 Å². The van der Waals surface area contributed by atoms with E-state index in [2.05, 4.69) is 5.32 Å². The Labute approximate surface area is 247 Å². The SMILES string of the molecule is CCC(=O)NCCN1C(=O)C(C)(C)Oc2cc(C(F)(F)F)c(C(=O)N(Cc3ccccc3)[C@@H]3CCCN(C(=O)O)C3)cc21. The number of nitrogens with zero attached hydrogens (tertiary/aromatic N) is 3. The fourth-order valence-corrected chi connectivity index (χ4v) is 5.36. The van der Waals surface area contributed by atoms with Crippen molar-refractivity contribution >= 4 is 29.5 Å². The Kier molecular flexibility index (Phi) is 9.21. The van der Waals surface area contributed by atoms with E-state index in [9.17, 15) is 37.5 Å². The topological polar surface area (TPSA) is 119 Å². The zero-order valence-corrected chi connectivity index (χ0v) is 24.2. The van der Waals surface area contributed by atoms with Gasteiger partial charge < -0.3 is 29.9 Å². The lowest BCUT2D eigenvalue weighted by Gasteiger charge is -2.40. The van der Waals surface area contributed by atoms with E-state index >= 15 is 0 Å². The highest BCUT2D eigenvalue weighted by atomic mass is 19.4. The number of halogens is 3. The highest BCUT2D eigenvalue weighted by Crippen LogP contribution is 2.44. The van der Waals surface area contributed by atoms with Crippen LogP contribution in [-0.2, 0) is 22.3 Å². The standard InChI is InChI=1S/C30H35F3N4O6/c1-4-25(38)34-12-14-36-23-15-21(22(30(31,32)33)16-24(23)43-29(2,3)27(36)40)26(39)37(17-19-9-6-5-7-10-19)20-11-8-13-35(18-20)28(41)42/h5-7,9-10,15-16,20H,4,8,11-14,17-18H2,1-3H3,(H,34,38)(H,41,42)/t20-/m1/s1. The molecule has 2 aromatic rings. The molecule has 232 valence electrons. The van der Waals surface area contributed by atoms with E-state index in [0.29, 0.717) is 18.4 Å². The minimum Gasteiger partial charge on any atom is -0.476 e. The Morgan fingerprint density at radius 2 is 1.86 bits per heavy atom. The van der Waals surface area contributed by atoms with Crippen molar-refractivity contribution in [2.75, 3.05) is 31.1 Å². The van der Waals surface area contributed by atoms with Crippen LogP contribution in [0.5, 0.6) is 5.75 Å². The number of amides is 4. The van der Waals surface area contributed by atoms with Crippen LogP contribution in [0.4, 0.5) is 23.7 Å². The van der Waals surface area contributed by atoms with Gasteiger partial charge in [-0.15, -0.1) is 0 Å². The van der Waals surface area contributed by atoms with Crippen LogP contribution < -0.4 is 15.0 Å². The minimum atomic E-state index is -4.95. The fourth-order valence-electron chi connectivity index (χ4n) is 5.36. The first kappa shape index (κ1) is 31.6. The van der Waals surface area contributed by atoms with Gasteiger partial charge in [-0.05, 0) is 44.4 Å². The predicted octanol–water partition coefficient (Wildman–Crippen LogP) is 4.52. The number of likely N-dealkylation sites (tertiary alicyclic amines) is 1. The van der Waals surface area contributed by atoms with E-state index in [1.54, 1.807) is 37.3 Å². The number of fused-ring (bicyclic) bond motifs is 1. The summed E-state index contributed by atoms with van der Waals surface area (Å²) in [5.41, 5.74) is -2.79. The maximum atomic E-state index is 14.5. The molecule has 0 aliphatic carbocycles. The maximum absolute atomic E-state index is 14.5. The van der Waals surface area contributed by atoms with Gasteiger partial charge >= 0.3 is 12.3 Å². The lowest BCUT2D eigenvalue weighted by molar-refractivity contribution is -0.138. The van der Waals surface area contributed by atoms with Crippen LogP contribution in [0.3, 0.4) is 0 Å². The van der Waals surface area contributed by atoms with Crippen LogP contribution in [0, 0.1) is 0 Å². The van der Waals surface area contributed by atoms with E-state index in [4.69, 9.17) is 4.74 Å². The maximum Gasteiger partial charge on any atom is 0.417 e. The van der Waals surface area contributed by atoms with E-state index in [-0.39, 0.29) is 56.5 Å². The quantitative estimate of drug-likeness (QED) is 0.458.